The Labute approximate surface area is 139 Å². The molecule has 0 aliphatic heterocycles. The van der Waals surface area contributed by atoms with Gasteiger partial charge in [-0.1, -0.05) is 11.6 Å². The summed E-state index contributed by atoms with van der Waals surface area (Å²) in [5.74, 6) is -0.531. The molecular formula is C14H9ClN6O3. The van der Waals surface area contributed by atoms with Crippen molar-refractivity contribution < 1.29 is 9.72 Å². The minimum absolute atomic E-state index is 0.0250. The third kappa shape index (κ3) is 3.06. The first-order chi connectivity index (χ1) is 11.6. The number of halogens is 1. The van der Waals surface area contributed by atoms with E-state index in [0.717, 1.165) is 0 Å². The van der Waals surface area contributed by atoms with Crippen LogP contribution in [0.5, 0.6) is 0 Å². The van der Waals surface area contributed by atoms with Gasteiger partial charge in [0.2, 0.25) is 5.82 Å². The molecule has 0 aliphatic rings. The summed E-state index contributed by atoms with van der Waals surface area (Å²) in [6.45, 7) is 0. The molecule has 2 heterocycles. The summed E-state index contributed by atoms with van der Waals surface area (Å²) in [7, 11) is 0. The number of non-ortho nitro benzene ring substituents is 1. The molecule has 1 N–H and O–H groups in total. The molecule has 0 saturated heterocycles. The van der Waals surface area contributed by atoms with E-state index in [4.69, 9.17) is 11.6 Å². The number of hydrazone groups is 1. The molecule has 10 heteroatoms. The normalized spacial score (nSPS) is 11.0. The molecule has 2 aromatic heterocycles. The molecule has 0 radical (unpaired) electrons. The van der Waals surface area contributed by atoms with Crippen molar-refractivity contribution in [2.24, 2.45) is 5.10 Å². The third-order valence-corrected chi connectivity index (χ3v) is 3.37. The lowest BCUT2D eigenvalue weighted by molar-refractivity contribution is -0.384. The van der Waals surface area contributed by atoms with Crippen LogP contribution in [0, 0.1) is 10.1 Å². The van der Waals surface area contributed by atoms with E-state index in [9.17, 15) is 14.9 Å². The van der Waals surface area contributed by atoms with Crippen LogP contribution >= 0.6 is 11.6 Å². The number of aromatic nitrogens is 3. The van der Waals surface area contributed by atoms with Crippen molar-refractivity contribution in [1.29, 1.82) is 0 Å². The fraction of sp³-hybridized carbons (Fsp3) is 0. The molecule has 0 unspecified atom stereocenters. The van der Waals surface area contributed by atoms with Gasteiger partial charge in [0.15, 0.2) is 5.65 Å². The molecule has 120 valence electrons. The fourth-order valence-corrected chi connectivity index (χ4v) is 2.14. The molecule has 1 aromatic carbocycles. The zero-order valence-corrected chi connectivity index (χ0v) is 12.7. The number of hydrogen-bond acceptors (Lipinski definition) is 6. The first-order valence-corrected chi connectivity index (χ1v) is 7.01. The predicted molar refractivity (Wildman–Crippen MR) is 86.2 cm³/mol. The van der Waals surface area contributed by atoms with Gasteiger partial charge in [0, 0.05) is 18.3 Å². The number of carbonyl (C=O) groups is 1. The summed E-state index contributed by atoms with van der Waals surface area (Å²) >= 11 is 5.96. The van der Waals surface area contributed by atoms with E-state index in [-0.39, 0.29) is 11.5 Å². The van der Waals surface area contributed by atoms with E-state index in [1.165, 1.54) is 34.9 Å². The third-order valence-electron chi connectivity index (χ3n) is 3.07. The number of nitrogens with one attached hydrogen (secondary N) is 1. The second-order valence-electron chi connectivity index (χ2n) is 4.62. The molecule has 0 spiro atoms. The van der Waals surface area contributed by atoms with Gasteiger partial charge in [-0.25, -0.2) is 5.43 Å². The highest BCUT2D eigenvalue weighted by molar-refractivity contribution is 6.33. The maximum Gasteiger partial charge on any atom is 0.309 e. The van der Waals surface area contributed by atoms with Gasteiger partial charge in [-0.2, -0.15) is 5.10 Å². The molecule has 0 saturated carbocycles. The molecule has 3 aromatic rings. The second kappa shape index (κ2) is 6.42. The van der Waals surface area contributed by atoms with Crippen LogP contribution in [-0.2, 0) is 0 Å². The Balaban J connectivity index is 1.72. The molecule has 0 aliphatic carbocycles. The average Bonchev–Trinajstić information content (AvgIpc) is 3.01. The molecule has 1 amide bonds. The standard InChI is InChI=1S/C14H9ClN6O3/c15-11-2-1-7-20-12(11)17-18-13(20)14(22)19-16-8-9-3-5-10(6-4-9)21(23)24/h1-8H,(H,19,22). The lowest BCUT2D eigenvalue weighted by atomic mass is 10.2. The lowest BCUT2D eigenvalue weighted by Gasteiger charge is -1.99. The molecule has 0 fully saturated rings. The van der Waals surface area contributed by atoms with Crippen LogP contribution in [0.15, 0.2) is 47.7 Å². The SMILES string of the molecule is O=C(NN=Cc1ccc([N+](=O)[O-])cc1)c1nnc2c(Cl)cccn12. The molecule has 9 nitrogen and oxygen atoms in total. The number of nitro groups is 1. The highest BCUT2D eigenvalue weighted by atomic mass is 35.5. The minimum atomic E-state index is -0.567. The Morgan fingerprint density at radius 1 is 1.29 bits per heavy atom. The van der Waals surface area contributed by atoms with E-state index in [1.807, 2.05) is 0 Å². The van der Waals surface area contributed by atoms with Crippen molar-refractivity contribution in [3.63, 3.8) is 0 Å². The summed E-state index contributed by atoms with van der Waals surface area (Å²) < 4.78 is 1.44. The number of amides is 1. The zero-order valence-electron chi connectivity index (χ0n) is 12.0. The fourth-order valence-electron chi connectivity index (χ4n) is 1.94. The molecule has 24 heavy (non-hydrogen) atoms. The second-order valence-corrected chi connectivity index (χ2v) is 5.03. The van der Waals surface area contributed by atoms with Crippen LogP contribution in [0.4, 0.5) is 5.69 Å². The zero-order chi connectivity index (χ0) is 17.1. The largest absolute Gasteiger partial charge is 0.309 e. The summed E-state index contributed by atoms with van der Waals surface area (Å²) in [4.78, 5) is 22.2. The van der Waals surface area contributed by atoms with Crippen LogP contribution in [0.2, 0.25) is 5.02 Å². The lowest BCUT2D eigenvalue weighted by Crippen LogP contribution is -2.20. The van der Waals surface area contributed by atoms with Gasteiger partial charge in [-0.3, -0.25) is 19.3 Å². The van der Waals surface area contributed by atoms with Gasteiger partial charge in [-0.05, 0) is 29.8 Å². The van der Waals surface area contributed by atoms with Gasteiger partial charge in [-0.15, -0.1) is 10.2 Å². The van der Waals surface area contributed by atoms with Crippen molar-refractivity contribution in [1.82, 2.24) is 20.0 Å². The Morgan fingerprint density at radius 2 is 2.04 bits per heavy atom. The Kier molecular flexibility index (Phi) is 4.17. The topological polar surface area (TPSA) is 115 Å². The first-order valence-electron chi connectivity index (χ1n) is 6.63. The van der Waals surface area contributed by atoms with Crippen LogP contribution in [0.3, 0.4) is 0 Å². The van der Waals surface area contributed by atoms with Crippen molar-refractivity contribution in [3.8, 4) is 0 Å². The highest BCUT2D eigenvalue weighted by Crippen LogP contribution is 2.15. The maximum atomic E-state index is 12.1. The van der Waals surface area contributed by atoms with Gasteiger partial charge in [0.05, 0.1) is 16.2 Å². The van der Waals surface area contributed by atoms with Gasteiger partial charge in [0.25, 0.3) is 5.69 Å². The van der Waals surface area contributed by atoms with Crippen molar-refractivity contribution in [3.05, 3.63) is 69.1 Å². The Morgan fingerprint density at radius 3 is 2.75 bits per heavy atom. The number of nitrogens with zero attached hydrogens (tertiary/aromatic N) is 5. The summed E-state index contributed by atoms with van der Waals surface area (Å²) in [6.07, 6.45) is 2.97. The van der Waals surface area contributed by atoms with Crippen LogP contribution in [-0.4, -0.2) is 31.6 Å². The molecular weight excluding hydrogens is 336 g/mol. The number of carbonyl (C=O) groups excluding carboxylic acids is 1. The van der Waals surface area contributed by atoms with E-state index in [0.29, 0.717) is 16.2 Å². The number of hydrogen-bond donors (Lipinski definition) is 1. The van der Waals surface area contributed by atoms with Crippen LogP contribution in [0.1, 0.15) is 16.2 Å². The first kappa shape index (κ1) is 15.6. The average molecular weight is 345 g/mol. The maximum absolute atomic E-state index is 12.1. The van der Waals surface area contributed by atoms with Gasteiger partial charge < -0.3 is 0 Å². The highest BCUT2D eigenvalue weighted by Gasteiger charge is 2.14. The van der Waals surface area contributed by atoms with Gasteiger partial charge in [0.1, 0.15) is 0 Å². The van der Waals surface area contributed by atoms with Crippen molar-refractivity contribution in [2.75, 3.05) is 0 Å². The summed E-state index contributed by atoms with van der Waals surface area (Å²) in [6, 6.07) is 9.02. The van der Waals surface area contributed by atoms with E-state index in [2.05, 4.69) is 20.7 Å². The number of nitro benzene ring substituents is 1. The monoisotopic (exact) mass is 344 g/mol. The molecule has 3 rings (SSSR count). The Hall–Kier alpha value is -3.33. The predicted octanol–water partition coefficient (Wildman–Crippen LogP) is 2.05. The molecule has 0 atom stereocenters. The van der Waals surface area contributed by atoms with Crippen molar-refractivity contribution in [2.45, 2.75) is 0 Å². The van der Waals surface area contributed by atoms with Crippen LogP contribution < -0.4 is 5.43 Å². The molecule has 0 bridgehead atoms. The smallest absolute Gasteiger partial charge is 0.277 e. The van der Waals surface area contributed by atoms with E-state index in [1.54, 1.807) is 18.3 Å². The van der Waals surface area contributed by atoms with E-state index >= 15 is 0 Å². The van der Waals surface area contributed by atoms with Crippen LogP contribution in [0.25, 0.3) is 5.65 Å². The number of pyridine rings is 1. The van der Waals surface area contributed by atoms with Gasteiger partial charge >= 0.3 is 5.91 Å². The number of fused-ring (bicyclic) bond motifs is 1. The summed E-state index contributed by atoms with van der Waals surface area (Å²) in [5, 5.41) is 22.4. The number of benzene rings is 1. The Bertz CT molecular complexity index is 951. The number of rotatable bonds is 4. The van der Waals surface area contributed by atoms with Crippen molar-refractivity contribution >= 4 is 35.1 Å². The minimum Gasteiger partial charge on any atom is -0.277 e. The summed E-state index contributed by atoms with van der Waals surface area (Å²) in [5.41, 5.74) is 3.24. The van der Waals surface area contributed by atoms with E-state index < -0.39 is 10.8 Å². The quantitative estimate of drug-likeness (QED) is 0.442.